The summed E-state index contributed by atoms with van der Waals surface area (Å²) >= 11 is 0. The average Bonchev–Trinajstić information content (AvgIpc) is 2.03. The minimum absolute atomic E-state index is 0.243. The number of allylic oxidation sites excluding steroid dienone is 1. The summed E-state index contributed by atoms with van der Waals surface area (Å²) in [5.41, 5.74) is 6.37. The predicted octanol–water partition coefficient (Wildman–Crippen LogP) is 0.717. The van der Waals surface area contributed by atoms with Crippen LogP contribution in [0.5, 0.6) is 0 Å². The standard InChI is InChI=1S/C9H16N2O/c1-7-4-9(2,3)6-11(7)5-8(10)12/h1,4-6H2,2-3H3,(H2,10,12). The largest absolute Gasteiger partial charge is 0.368 e. The Bertz CT molecular complexity index is 221. The van der Waals surface area contributed by atoms with Crippen molar-refractivity contribution in [1.29, 1.82) is 0 Å². The third kappa shape index (κ3) is 2.00. The molecular formula is C9H16N2O. The summed E-state index contributed by atoms with van der Waals surface area (Å²) < 4.78 is 0. The van der Waals surface area contributed by atoms with Crippen molar-refractivity contribution in [1.82, 2.24) is 4.90 Å². The maximum atomic E-state index is 10.7. The highest BCUT2D eigenvalue weighted by molar-refractivity contribution is 5.76. The number of rotatable bonds is 2. The van der Waals surface area contributed by atoms with E-state index in [0.29, 0.717) is 6.54 Å². The zero-order valence-corrected chi connectivity index (χ0v) is 7.76. The molecule has 1 fully saturated rings. The first kappa shape index (κ1) is 9.10. The molecule has 0 aromatic carbocycles. The van der Waals surface area contributed by atoms with E-state index in [0.717, 1.165) is 18.7 Å². The van der Waals surface area contributed by atoms with Gasteiger partial charge in [-0.15, -0.1) is 0 Å². The van der Waals surface area contributed by atoms with Crippen molar-refractivity contribution in [3.63, 3.8) is 0 Å². The van der Waals surface area contributed by atoms with Gasteiger partial charge in [0, 0.05) is 12.2 Å². The fourth-order valence-corrected chi connectivity index (χ4v) is 1.70. The number of likely N-dealkylation sites (tertiary alicyclic amines) is 1. The molecular weight excluding hydrogens is 152 g/mol. The molecule has 0 aromatic heterocycles. The monoisotopic (exact) mass is 168 g/mol. The van der Waals surface area contributed by atoms with E-state index in [1.807, 2.05) is 4.90 Å². The van der Waals surface area contributed by atoms with Crippen molar-refractivity contribution < 1.29 is 4.79 Å². The molecule has 68 valence electrons. The fourth-order valence-electron chi connectivity index (χ4n) is 1.70. The Hall–Kier alpha value is -0.990. The Labute approximate surface area is 73.2 Å². The molecule has 0 aliphatic carbocycles. The van der Waals surface area contributed by atoms with E-state index in [9.17, 15) is 4.79 Å². The lowest BCUT2D eigenvalue weighted by atomic mass is 9.92. The minimum atomic E-state index is -0.283. The third-order valence-corrected chi connectivity index (χ3v) is 2.10. The van der Waals surface area contributed by atoms with Gasteiger partial charge >= 0.3 is 0 Å². The van der Waals surface area contributed by atoms with Gasteiger partial charge < -0.3 is 10.6 Å². The van der Waals surface area contributed by atoms with E-state index in [4.69, 9.17) is 5.73 Å². The highest BCUT2D eigenvalue weighted by Crippen LogP contribution is 2.34. The number of carbonyl (C=O) groups is 1. The Morgan fingerprint density at radius 2 is 2.33 bits per heavy atom. The maximum absolute atomic E-state index is 10.7. The van der Waals surface area contributed by atoms with Crippen molar-refractivity contribution in [3.8, 4) is 0 Å². The Morgan fingerprint density at radius 3 is 2.67 bits per heavy atom. The van der Waals surface area contributed by atoms with Crippen LogP contribution in [0, 0.1) is 5.41 Å². The van der Waals surface area contributed by atoms with Gasteiger partial charge in [0.05, 0.1) is 6.54 Å². The van der Waals surface area contributed by atoms with Gasteiger partial charge in [-0.3, -0.25) is 4.79 Å². The molecule has 1 heterocycles. The molecule has 0 aromatic rings. The van der Waals surface area contributed by atoms with Crippen LogP contribution in [-0.2, 0) is 4.79 Å². The van der Waals surface area contributed by atoms with Crippen LogP contribution in [0.4, 0.5) is 0 Å². The molecule has 1 saturated heterocycles. The van der Waals surface area contributed by atoms with Crippen molar-refractivity contribution in [2.75, 3.05) is 13.1 Å². The zero-order valence-electron chi connectivity index (χ0n) is 7.76. The molecule has 3 heteroatoms. The number of amides is 1. The molecule has 1 aliphatic rings. The van der Waals surface area contributed by atoms with Gasteiger partial charge in [0.15, 0.2) is 0 Å². The summed E-state index contributed by atoms with van der Waals surface area (Å²) in [6, 6.07) is 0. The van der Waals surface area contributed by atoms with Crippen molar-refractivity contribution in [2.24, 2.45) is 11.1 Å². The average molecular weight is 168 g/mol. The summed E-state index contributed by atoms with van der Waals surface area (Å²) in [7, 11) is 0. The SMILES string of the molecule is C=C1CC(C)(C)CN1CC(N)=O. The van der Waals surface area contributed by atoms with Crippen LogP contribution < -0.4 is 5.73 Å². The highest BCUT2D eigenvalue weighted by atomic mass is 16.1. The van der Waals surface area contributed by atoms with Crippen molar-refractivity contribution >= 4 is 5.91 Å². The molecule has 0 bridgehead atoms. The Balaban J connectivity index is 2.58. The van der Waals surface area contributed by atoms with Gasteiger partial charge in [0.2, 0.25) is 5.91 Å². The summed E-state index contributed by atoms with van der Waals surface area (Å²) in [4.78, 5) is 12.6. The van der Waals surface area contributed by atoms with Gasteiger partial charge in [-0.2, -0.15) is 0 Å². The second-order valence-electron chi connectivity index (χ2n) is 4.23. The number of primary amides is 1. The molecule has 1 amide bonds. The molecule has 0 atom stereocenters. The van der Waals surface area contributed by atoms with Crippen LogP contribution in [0.2, 0.25) is 0 Å². The number of nitrogens with two attached hydrogens (primary N) is 1. The zero-order chi connectivity index (χ0) is 9.35. The Morgan fingerprint density at radius 1 is 1.75 bits per heavy atom. The summed E-state index contributed by atoms with van der Waals surface area (Å²) in [5.74, 6) is -0.283. The van der Waals surface area contributed by atoms with Gasteiger partial charge in [-0.05, 0) is 11.8 Å². The number of carbonyl (C=O) groups excluding carboxylic acids is 1. The number of hydrogen-bond donors (Lipinski definition) is 1. The lowest BCUT2D eigenvalue weighted by Gasteiger charge is -2.19. The van der Waals surface area contributed by atoms with Crippen LogP contribution in [0.1, 0.15) is 20.3 Å². The van der Waals surface area contributed by atoms with Gasteiger partial charge in [-0.1, -0.05) is 20.4 Å². The molecule has 3 nitrogen and oxygen atoms in total. The molecule has 12 heavy (non-hydrogen) atoms. The predicted molar refractivity (Wildman–Crippen MR) is 48.3 cm³/mol. The van der Waals surface area contributed by atoms with E-state index >= 15 is 0 Å². The molecule has 0 unspecified atom stereocenters. The van der Waals surface area contributed by atoms with Crippen molar-refractivity contribution in [2.45, 2.75) is 20.3 Å². The first-order valence-electron chi connectivity index (χ1n) is 4.12. The summed E-state index contributed by atoms with van der Waals surface area (Å²) in [6.45, 7) is 9.43. The number of nitrogens with zero attached hydrogens (tertiary/aromatic N) is 1. The lowest BCUT2D eigenvalue weighted by molar-refractivity contribution is -0.118. The van der Waals surface area contributed by atoms with Crippen LogP contribution in [0.15, 0.2) is 12.3 Å². The number of hydrogen-bond acceptors (Lipinski definition) is 2. The first-order valence-corrected chi connectivity index (χ1v) is 4.12. The summed E-state index contributed by atoms with van der Waals surface area (Å²) in [5, 5.41) is 0. The molecule has 1 rings (SSSR count). The lowest BCUT2D eigenvalue weighted by Crippen LogP contribution is -2.32. The first-order chi connectivity index (χ1) is 5.41. The van der Waals surface area contributed by atoms with Gasteiger partial charge in [0.1, 0.15) is 0 Å². The molecule has 1 aliphatic heterocycles. The fraction of sp³-hybridized carbons (Fsp3) is 0.667. The highest BCUT2D eigenvalue weighted by Gasteiger charge is 2.31. The van der Waals surface area contributed by atoms with E-state index in [1.54, 1.807) is 0 Å². The second-order valence-corrected chi connectivity index (χ2v) is 4.23. The smallest absolute Gasteiger partial charge is 0.236 e. The van der Waals surface area contributed by atoms with E-state index < -0.39 is 0 Å². The van der Waals surface area contributed by atoms with E-state index in [2.05, 4.69) is 20.4 Å². The molecule has 0 saturated carbocycles. The van der Waals surface area contributed by atoms with Gasteiger partial charge in [0.25, 0.3) is 0 Å². The van der Waals surface area contributed by atoms with E-state index in [1.165, 1.54) is 0 Å². The summed E-state index contributed by atoms with van der Waals surface area (Å²) in [6.07, 6.45) is 0.959. The Kier molecular flexibility index (Phi) is 2.13. The second kappa shape index (κ2) is 2.81. The molecule has 0 radical (unpaired) electrons. The van der Waals surface area contributed by atoms with Crippen LogP contribution in [0.3, 0.4) is 0 Å². The van der Waals surface area contributed by atoms with E-state index in [-0.39, 0.29) is 11.3 Å². The normalized spacial score (nSPS) is 21.5. The van der Waals surface area contributed by atoms with Gasteiger partial charge in [-0.25, -0.2) is 0 Å². The topological polar surface area (TPSA) is 46.3 Å². The third-order valence-electron chi connectivity index (χ3n) is 2.10. The maximum Gasteiger partial charge on any atom is 0.236 e. The van der Waals surface area contributed by atoms with Crippen LogP contribution in [0.25, 0.3) is 0 Å². The van der Waals surface area contributed by atoms with Crippen LogP contribution in [-0.4, -0.2) is 23.9 Å². The minimum Gasteiger partial charge on any atom is -0.368 e. The quantitative estimate of drug-likeness (QED) is 0.660. The molecule has 2 N–H and O–H groups in total. The van der Waals surface area contributed by atoms with Crippen LogP contribution >= 0.6 is 0 Å². The molecule has 0 spiro atoms. The van der Waals surface area contributed by atoms with Crippen molar-refractivity contribution in [3.05, 3.63) is 12.3 Å².